The number of amides is 2. The molecule has 1 aliphatic heterocycles. The predicted octanol–water partition coefficient (Wildman–Crippen LogP) is 4.42. The Morgan fingerprint density at radius 3 is 2.61 bits per heavy atom. The Hall–Kier alpha value is -3.64. The summed E-state index contributed by atoms with van der Waals surface area (Å²) in [6.45, 7) is 0.345. The minimum atomic E-state index is -1.11. The van der Waals surface area contributed by atoms with E-state index in [2.05, 4.69) is 4.98 Å². The van der Waals surface area contributed by atoms with Gasteiger partial charge in [0.25, 0.3) is 5.91 Å². The van der Waals surface area contributed by atoms with E-state index >= 15 is 0 Å². The van der Waals surface area contributed by atoms with E-state index in [1.54, 1.807) is 24.3 Å². The zero-order valence-electron chi connectivity index (χ0n) is 16.5. The second-order valence-corrected chi connectivity index (χ2v) is 7.67. The van der Waals surface area contributed by atoms with Crippen molar-refractivity contribution >= 4 is 35.5 Å². The van der Waals surface area contributed by atoms with Gasteiger partial charge in [-0.25, -0.2) is 4.79 Å². The third kappa shape index (κ3) is 4.44. The smallest absolute Gasteiger partial charge is 0.337 e. The molecule has 1 aromatic heterocycles. The van der Waals surface area contributed by atoms with Crippen molar-refractivity contribution in [3.05, 3.63) is 88.1 Å². The maximum absolute atomic E-state index is 12.7. The number of aromatic nitrogens is 1. The molecular weight excluding hydrogens is 416 g/mol. The van der Waals surface area contributed by atoms with Crippen LogP contribution in [0.1, 0.15) is 28.0 Å². The second-order valence-electron chi connectivity index (χ2n) is 7.26. The van der Waals surface area contributed by atoms with Gasteiger partial charge in [0.15, 0.2) is 0 Å². The molecule has 3 aromatic rings. The Bertz CT molecular complexity index is 1200. The Labute approximate surface area is 183 Å². The van der Waals surface area contributed by atoms with Crippen molar-refractivity contribution in [1.82, 2.24) is 9.88 Å². The summed E-state index contributed by atoms with van der Waals surface area (Å²) < 4.78 is 0. The summed E-state index contributed by atoms with van der Waals surface area (Å²) in [6, 6.07) is 18.0. The SMILES string of the molecule is O=C(O)c1cc(-c2ccc(/C=C3\CC(=O)N(CCc4ccccc4)C3=O)[nH]2)ccc1Cl. The van der Waals surface area contributed by atoms with E-state index in [0.29, 0.717) is 35.5 Å². The number of nitrogens with one attached hydrogen (secondary N) is 1. The van der Waals surface area contributed by atoms with Crippen molar-refractivity contribution in [3.63, 3.8) is 0 Å². The molecule has 0 atom stereocenters. The fraction of sp³-hybridized carbons (Fsp3) is 0.125. The molecule has 2 amide bonds. The summed E-state index contributed by atoms with van der Waals surface area (Å²) in [6.07, 6.45) is 2.34. The molecule has 6 nitrogen and oxygen atoms in total. The lowest BCUT2D eigenvalue weighted by Crippen LogP contribution is -2.31. The van der Waals surface area contributed by atoms with E-state index in [1.807, 2.05) is 30.3 Å². The maximum atomic E-state index is 12.7. The molecule has 1 aliphatic rings. The molecule has 0 unspecified atom stereocenters. The van der Waals surface area contributed by atoms with Gasteiger partial charge < -0.3 is 10.1 Å². The average Bonchev–Trinajstić information content (AvgIpc) is 3.32. The summed E-state index contributed by atoms with van der Waals surface area (Å²) in [5.74, 6) is -1.59. The number of aromatic amines is 1. The number of hydrogen-bond donors (Lipinski definition) is 2. The van der Waals surface area contributed by atoms with Crippen LogP contribution in [0.25, 0.3) is 17.3 Å². The lowest BCUT2D eigenvalue weighted by molar-refractivity contribution is -0.137. The molecule has 4 rings (SSSR count). The first-order chi connectivity index (χ1) is 14.9. The van der Waals surface area contributed by atoms with Gasteiger partial charge in [-0.3, -0.25) is 14.5 Å². The normalized spacial score (nSPS) is 15.1. The second kappa shape index (κ2) is 8.62. The third-order valence-corrected chi connectivity index (χ3v) is 5.51. The minimum absolute atomic E-state index is 0.0132. The van der Waals surface area contributed by atoms with Crippen LogP contribution < -0.4 is 0 Å². The number of halogens is 1. The molecule has 2 aromatic carbocycles. The predicted molar refractivity (Wildman–Crippen MR) is 118 cm³/mol. The molecule has 0 spiro atoms. The number of carbonyl (C=O) groups excluding carboxylic acids is 2. The Morgan fingerprint density at radius 2 is 1.87 bits per heavy atom. The van der Waals surface area contributed by atoms with E-state index in [-0.39, 0.29) is 28.8 Å². The van der Waals surface area contributed by atoms with Gasteiger partial charge in [-0.05, 0) is 47.9 Å². The number of benzene rings is 2. The van der Waals surface area contributed by atoms with Crippen LogP contribution in [-0.2, 0) is 16.0 Å². The molecule has 0 bridgehead atoms. The number of aromatic carboxylic acids is 1. The van der Waals surface area contributed by atoms with Crippen LogP contribution in [0.4, 0.5) is 0 Å². The Kier molecular flexibility index (Phi) is 5.73. The first-order valence-corrected chi connectivity index (χ1v) is 10.1. The zero-order valence-corrected chi connectivity index (χ0v) is 17.2. The molecule has 156 valence electrons. The molecule has 2 N–H and O–H groups in total. The van der Waals surface area contributed by atoms with Gasteiger partial charge >= 0.3 is 5.97 Å². The van der Waals surface area contributed by atoms with Crippen molar-refractivity contribution in [2.24, 2.45) is 0 Å². The van der Waals surface area contributed by atoms with E-state index in [1.165, 1.54) is 17.0 Å². The van der Waals surface area contributed by atoms with E-state index in [0.717, 1.165) is 5.56 Å². The zero-order chi connectivity index (χ0) is 22.0. The number of hydrogen-bond acceptors (Lipinski definition) is 3. The molecule has 1 saturated heterocycles. The Balaban J connectivity index is 1.50. The fourth-order valence-electron chi connectivity index (χ4n) is 3.55. The van der Waals surface area contributed by atoms with E-state index < -0.39 is 5.97 Å². The molecule has 7 heteroatoms. The van der Waals surface area contributed by atoms with Gasteiger partial charge in [0.2, 0.25) is 5.91 Å². The van der Waals surface area contributed by atoms with Gasteiger partial charge in [0, 0.05) is 23.5 Å². The molecule has 0 radical (unpaired) electrons. The standard InChI is InChI=1S/C24H19ClN2O4/c25-20-8-6-16(13-19(20)24(30)31)21-9-7-18(26-21)12-17-14-22(28)27(23(17)29)11-10-15-4-2-1-3-5-15/h1-9,12-13,26H,10-11,14H2,(H,30,31)/b17-12+. The maximum Gasteiger partial charge on any atom is 0.337 e. The minimum Gasteiger partial charge on any atom is -0.478 e. The van der Waals surface area contributed by atoms with Crippen molar-refractivity contribution in [2.45, 2.75) is 12.8 Å². The van der Waals surface area contributed by atoms with Crippen LogP contribution in [0, 0.1) is 0 Å². The third-order valence-electron chi connectivity index (χ3n) is 5.18. The molecule has 0 aliphatic carbocycles. The van der Waals surface area contributed by atoms with Crippen LogP contribution in [0.2, 0.25) is 5.02 Å². The van der Waals surface area contributed by atoms with Crippen LogP contribution >= 0.6 is 11.6 Å². The lowest BCUT2D eigenvalue weighted by atomic mass is 10.1. The first kappa shape index (κ1) is 20.6. The molecule has 2 heterocycles. The van der Waals surface area contributed by atoms with Crippen molar-refractivity contribution in [1.29, 1.82) is 0 Å². The summed E-state index contributed by atoms with van der Waals surface area (Å²) >= 11 is 5.93. The highest BCUT2D eigenvalue weighted by molar-refractivity contribution is 6.33. The molecule has 1 fully saturated rings. The number of imide groups is 1. The summed E-state index contributed by atoms with van der Waals surface area (Å²) in [4.78, 5) is 40.8. The highest BCUT2D eigenvalue weighted by atomic mass is 35.5. The van der Waals surface area contributed by atoms with Crippen LogP contribution in [-0.4, -0.2) is 39.3 Å². The fourth-order valence-corrected chi connectivity index (χ4v) is 3.75. The lowest BCUT2D eigenvalue weighted by Gasteiger charge is -2.13. The van der Waals surface area contributed by atoms with Gasteiger partial charge in [0.05, 0.1) is 17.0 Å². The number of carbonyl (C=O) groups is 3. The van der Waals surface area contributed by atoms with Gasteiger partial charge in [-0.15, -0.1) is 0 Å². The van der Waals surface area contributed by atoms with E-state index in [9.17, 15) is 19.5 Å². The quantitative estimate of drug-likeness (QED) is 0.444. The highest BCUT2D eigenvalue weighted by Crippen LogP contribution is 2.27. The van der Waals surface area contributed by atoms with Crippen molar-refractivity contribution in [2.75, 3.05) is 6.54 Å². The van der Waals surface area contributed by atoms with Crippen LogP contribution in [0.3, 0.4) is 0 Å². The largest absolute Gasteiger partial charge is 0.478 e. The highest BCUT2D eigenvalue weighted by Gasteiger charge is 2.33. The number of likely N-dealkylation sites (tertiary alicyclic amines) is 1. The first-order valence-electron chi connectivity index (χ1n) is 9.74. The summed E-state index contributed by atoms with van der Waals surface area (Å²) in [5, 5.41) is 9.41. The van der Waals surface area contributed by atoms with Crippen molar-refractivity contribution < 1.29 is 19.5 Å². The van der Waals surface area contributed by atoms with Crippen LogP contribution in [0.5, 0.6) is 0 Å². The van der Waals surface area contributed by atoms with Gasteiger partial charge in [0.1, 0.15) is 0 Å². The Morgan fingerprint density at radius 1 is 1.10 bits per heavy atom. The summed E-state index contributed by atoms with van der Waals surface area (Å²) in [5.41, 5.74) is 3.50. The molecular formula is C24H19ClN2O4. The number of H-pyrrole nitrogens is 1. The van der Waals surface area contributed by atoms with Gasteiger partial charge in [-0.2, -0.15) is 0 Å². The number of carboxylic acids is 1. The molecule has 31 heavy (non-hydrogen) atoms. The van der Waals surface area contributed by atoms with E-state index in [4.69, 9.17) is 11.6 Å². The monoisotopic (exact) mass is 434 g/mol. The number of rotatable bonds is 6. The van der Waals surface area contributed by atoms with Gasteiger partial charge in [-0.1, -0.05) is 48.0 Å². The topological polar surface area (TPSA) is 90.5 Å². The average molecular weight is 435 g/mol. The van der Waals surface area contributed by atoms with Crippen molar-refractivity contribution in [3.8, 4) is 11.3 Å². The number of nitrogens with zero attached hydrogens (tertiary/aromatic N) is 1. The summed E-state index contributed by atoms with van der Waals surface area (Å²) in [7, 11) is 0. The van der Waals surface area contributed by atoms with Crippen LogP contribution in [0.15, 0.2) is 66.2 Å². The number of carboxylic acid groups (broad SMARTS) is 1. The molecule has 0 saturated carbocycles.